The highest BCUT2D eigenvalue weighted by Crippen LogP contribution is 2.43. The van der Waals surface area contributed by atoms with Gasteiger partial charge in [0.1, 0.15) is 6.10 Å². The molecule has 3 heterocycles. The molecule has 43 heavy (non-hydrogen) atoms. The van der Waals surface area contributed by atoms with Gasteiger partial charge in [-0.05, 0) is 87.2 Å². The Kier molecular flexibility index (Phi) is 9.73. The smallest absolute Gasteiger partial charge is 0.410 e. The second-order valence-corrected chi connectivity index (χ2v) is 15.0. The molecule has 2 aromatic carbocycles. The molecule has 3 saturated heterocycles. The maximum absolute atomic E-state index is 13.6. The van der Waals surface area contributed by atoms with Gasteiger partial charge in [0.2, 0.25) is 5.91 Å². The van der Waals surface area contributed by atoms with E-state index in [1.54, 1.807) is 12.1 Å². The van der Waals surface area contributed by atoms with E-state index in [1.807, 2.05) is 28.0 Å². The number of piperidine rings is 1. The number of benzene rings is 2. The van der Waals surface area contributed by atoms with Gasteiger partial charge in [-0.3, -0.25) is 4.79 Å². The molecule has 6 rings (SSSR count). The molecule has 8 nitrogen and oxygen atoms in total. The second-order valence-electron chi connectivity index (χ2n) is 12.9. The monoisotopic (exact) mass is 629 g/mol. The topological polar surface area (TPSA) is 87.2 Å². The van der Waals surface area contributed by atoms with Gasteiger partial charge in [-0.25, -0.2) is 13.2 Å². The first-order valence-corrected chi connectivity index (χ1v) is 17.4. The molecule has 3 aliphatic heterocycles. The van der Waals surface area contributed by atoms with Crippen LogP contribution in [0, 0.1) is 11.3 Å². The fraction of sp³-hybridized carbons (Fsp3) is 0.576. The Morgan fingerprint density at radius 3 is 2.23 bits per heavy atom. The Morgan fingerprint density at radius 2 is 1.58 bits per heavy atom. The second kappa shape index (κ2) is 13.2. The summed E-state index contributed by atoms with van der Waals surface area (Å²) in [4.78, 5) is 33.3. The van der Waals surface area contributed by atoms with Crippen LogP contribution >= 0.6 is 12.4 Å². The van der Waals surface area contributed by atoms with Crippen LogP contribution in [-0.2, 0) is 25.9 Å². The predicted octanol–water partition coefficient (Wildman–Crippen LogP) is 5.12. The van der Waals surface area contributed by atoms with Gasteiger partial charge >= 0.3 is 6.09 Å². The van der Waals surface area contributed by atoms with Gasteiger partial charge in [-0.15, -0.1) is 12.4 Å². The van der Waals surface area contributed by atoms with Gasteiger partial charge < -0.3 is 19.4 Å². The van der Waals surface area contributed by atoms with Crippen molar-refractivity contribution in [3.63, 3.8) is 0 Å². The van der Waals surface area contributed by atoms with Gasteiger partial charge in [0.15, 0.2) is 9.84 Å². The number of ether oxygens (including phenoxy) is 1. The lowest BCUT2D eigenvalue weighted by Crippen LogP contribution is -2.46. The van der Waals surface area contributed by atoms with Crippen LogP contribution in [0.4, 0.5) is 4.79 Å². The van der Waals surface area contributed by atoms with E-state index < -0.39 is 9.84 Å². The van der Waals surface area contributed by atoms with Crippen molar-refractivity contribution in [1.82, 2.24) is 14.7 Å². The Labute approximate surface area is 262 Å². The van der Waals surface area contributed by atoms with E-state index in [2.05, 4.69) is 29.2 Å². The quantitative estimate of drug-likeness (QED) is 0.423. The Bertz CT molecular complexity index is 1370. The number of sulfone groups is 1. The summed E-state index contributed by atoms with van der Waals surface area (Å²) in [6.07, 6.45) is 7.93. The SMILES string of the molecule is CS(=O)(=O)c1ccc(CN2CCC3(CCN(C[C@H]4CN(C(=O)OC5CCCC5)C[C@@H]4c4ccccc4)CC3)C2=O)cc1.Cl. The third-order valence-electron chi connectivity index (χ3n) is 10.1. The van der Waals surface area contributed by atoms with Gasteiger partial charge in [0.05, 0.1) is 10.3 Å². The molecule has 1 spiro atoms. The zero-order chi connectivity index (χ0) is 29.3. The van der Waals surface area contributed by atoms with Gasteiger partial charge in [-0.1, -0.05) is 42.5 Å². The van der Waals surface area contributed by atoms with E-state index in [0.29, 0.717) is 30.4 Å². The zero-order valence-corrected chi connectivity index (χ0v) is 26.7. The number of likely N-dealkylation sites (tertiary alicyclic amines) is 3. The average molecular weight is 630 g/mol. The number of nitrogens with zero attached hydrogens (tertiary/aromatic N) is 3. The van der Waals surface area contributed by atoms with Crippen molar-refractivity contribution in [2.75, 3.05) is 45.5 Å². The molecule has 0 radical (unpaired) electrons. The molecular formula is C33H44ClN3O5S. The van der Waals surface area contributed by atoms with E-state index in [1.165, 1.54) is 11.8 Å². The van der Waals surface area contributed by atoms with Crippen molar-refractivity contribution >= 4 is 34.2 Å². The molecule has 4 fully saturated rings. The molecule has 0 N–H and O–H groups in total. The number of carbonyl (C=O) groups is 2. The average Bonchev–Trinajstić information content (AvgIpc) is 3.72. The maximum Gasteiger partial charge on any atom is 0.410 e. The summed E-state index contributed by atoms with van der Waals surface area (Å²) in [6, 6.07) is 17.4. The number of hydrogen-bond acceptors (Lipinski definition) is 6. The molecular weight excluding hydrogens is 586 g/mol. The van der Waals surface area contributed by atoms with Crippen LogP contribution in [0.5, 0.6) is 0 Å². The summed E-state index contributed by atoms with van der Waals surface area (Å²) in [6.45, 7) is 5.33. The van der Waals surface area contributed by atoms with Crippen LogP contribution in [0.2, 0.25) is 0 Å². The molecule has 234 valence electrons. The number of amides is 2. The number of halogens is 1. The zero-order valence-electron chi connectivity index (χ0n) is 25.0. The van der Waals surface area contributed by atoms with Crippen molar-refractivity contribution in [2.45, 2.75) is 68.4 Å². The molecule has 2 amide bonds. The van der Waals surface area contributed by atoms with Crippen molar-refractivity contribution in [1.29, 1.82) is 0 Å². The number of carbonyl (C=O) groups excluding carboxylic acids is 2. The lowest BCUT2D eigenvalue weighted by Gasteiger charge is -2.39. The van der Waals surface area contributed by atoms with E-state index in [9.17, 15) is 18.0 Å². The van der Waals surface area contributed by atoms with Crippen molar-refractivity contribution in [3.8, 4) is 0 Å². The first kappa shape index (κ1) is 31.8. The summed E-state index contributed by atoms with van der Waals surface area (Å²) >= 11 is 0. The Balaban J connectivity index is 0.00000368. The lowest BCUT2D eigenvalue weighted by molar-refractivity contribution is -0.139. The van der Waals surface area contributed by atoms with Crippen molar-refractivity contribution < 1.29 is 22.7 Å². The first-order valence-electron chi connectivity index (χ1n) is 15.5. The van der Waals surface area contributed by atoms with E-state index in [4.69, 9.17) is 4.74 Å². The molecule has 1 aliphatic carbocycles. The summed E-state index contributed by atoms with van der Waals surface area (Å²) in [5.74, 6) is 0.831. The molecule has 0 bridgehead atoms. The minimum absolute atomic E-state index is 0. The molecule has 2 atom stereocenters. The van der Waals surface area contributed by atoms with Crippen LogP contribution in [-0.4, -0.2) is 86.7 Å². The van der Waals surface area contributed by atoms with Gasteiger partial charge in [-0.2, -0.15) is 0 Å². The van der Waals surface area contributed by atoms with E-state index in [-0.39, 0.29) is 41.8 Å². The predicted molar refractivity (Wildman–Crippen MR) is 168 cm³/mol. The van der Waals surface area contributed by atoms with Crippen molar-refractivity contribution in [2.24, 2.45) is 11.3 Å². The Morgan fingerprint density at radius 1 is 0.930 bits per heavy atom. The van der Waals surface area contributed by atoms with Crippen LogP contribution in [0.3, 0.4) is 0 Å². The molecule has 0 unspecified atom stereocenters. The van der Waals surface area contributed by atoms with Crippen LogP contribution in [0.1, 0.15) is 62.0 Å². The molecule has 2 aromatic rings. The minimum Gasteiger partial charge on any atom is -0.446 e. The molecule has 1 saturated carbocycles. The van der Waals surface area contributed by atoms with Crippen LogP contribution in [0.15, 0.2) is 59.5 Å². The standard InChI is InChI=1S/C33H43N3O5S.ClH/c1-42(39,40)29-13-11-25(12-14-29)21-35-20-17-33(31(35)37)15-18-34(19-16-33)22-27-23-36(32(38)41-28-9-5-6-10-28)24-30(27)26-7-3-2-4-8-26;/h2-4,7-8,11-14,27-28,30H,5-6,9-10,15-24H2,1H3;1H/t27-,30+;/m0./s1. The van der Waals surface area contributed by atoms with Crippen LogP contribution < -0.4 is 0 Å². The minimum atomic E-state index is -3.24. The van der Waals surface area contributed by atoms with Crippen LogP contribution in [0.25, 0.3) is 0 Å². The number of rotatable bonds is 7. The Hall–Kier alpha value is -2.62. The first-order chi connectivity index (χ1) is 20.2. The summed E-state index contributed by atoms with van der Waals surface area (Å²) in [7, 11) is -3.24. The fourth-order valence-electron chi connectivity index (χ4n) is 7.57. The van der Waals surface area contributed by atoms with Crippen molar-refractivity contribution in [3.05, 3.63) is 65.7 Å². The third-order valence-corrected chi connectivity index (χ3v) is 11.3. The lowest BCUT2D eigenvalue weighted by atomic mass is 9.76. The van der Waals surface area contributed by atoms with E-state index >= 15 is 0 Å². The third kappa shape index (κ3) is 7.04. The highest BCUT2D eigenvalue weighted by atomic mass is 35.5. The molecule has 0 aromatic heterocycles. The molecule has 4 aliphatic rings. The molecule has 10 heteroatoms. The normalized spacial score (nSPS) is 24.4. The highest BCUT2D eigenvalue weighted by Gasteiger charge is 2.48. The summed E-state index contributed by atoms with van der Waals surface area (Å²) in [5.41, 5.74) is 1.93. The summed E-state index contributed by atoms with van der Waals surface area (Å²) < 4.78 is 29.4. The van der Waals surface area contributed by atoms with Gasteiger partial charge in [0.25, 0.3) is 0 Å². The largest absolute Gasteiger partial charge is 0.446 e. The maximum atomic E-state index is 13.6. The highest BCUT2D eigenvalue weighted by molar-refractivity contribution is 7.90. The number of hydrogen-bond donors (Lipinski definition) is 0. The van der Waals surface area contributed by atoms with E-state index in [0.717, 1.165) is 76.7 Å². The summed E-state index contributed by atoms with van der Waals surface area (Å²) in [5, 5.41) is 0. The fourth-order valence-corrected chi connectivity index (χ4v) is 8.20. The van der Waals surface area contributed by atoms with Gasteiger partial charge in [0, 0.05) is 44.9 Å².